The van der Waals surface area contributed by atoms with Crippen molar-refractivity contribution in [2.45, 2.75) is 5.92 Å². The highest BCUT2D eigenvalue weighted by atomic mass is 16.3. The van der Waals surface area contributed by atoms with Crippen molar-refractivity contribution in [1.29, 1.82) is 0 Å². The molecule has 1 aromatic heterocycles. The van der Waals surface area contributed by atoms with E-state index in [2.05, 4.69) is 60.7 Å². The summed E-state index contributed by atoms with van der Waals surface area (Å²) in [5.74, 6) is 0.259. The summed E-state index contributed by atoms with van der Waals surface area (Å²) in [6.07, 6.45) is 8.67. The van der Waals surface area contributed by atoms with Crippen LogP contribution in [0, 0.1) is 0 Å². The largest absolute Gasteiger partial charge is 0.456 e. The van der Waals surface area contributed by atoms with Gasteiger partial charge in [0, 0.05) is 16.5 Å². The summed E-state index contributed by atoms with van der Waals surface area (Å²) in [5.41, 5.74) is 3.20. The Morgan fingerprint density at radius 2 is 1.65 bits per heavy atom. The number of para-hydroxylation sites is 1. The van der Waals surface area contributed by atoms with Crippen LogP contribution in [0.5, 0.6) is 0 Å². The summed E-state index contributed by atoms with van der Waals surface area (Å²) in [6, 6.07) is 18.7. The first-order valence-corrected chi connectivity index (χ1v) is 6.85. The highest BCUT2D eigenvalue weighted by Gasteiger charge is 2.09. The average molecular weight is 258 g/mol. The standard InChI is InChI=1S/C19H14O/c1-2-7-14(8-3-1)15-9-6-11-17-16-10-4-5-12-18(16)20-19(17)13-15/h1-13,15H. The molecule has 96 valence electrons. The zero-order valence-corrected chi connectivity index (χ0v) is 11.0. The molecular formula is C19H14O. The third-order valence-corrected chi connectivity index (χ3v) is 3.76. The SMILES string of the molecule is C1=CC(c2ccccc2)C=c2oc3ccccc3c2=C1. The number of fused-ring (bicyclic) bond motifs is 3. The minimum absolute atomic E-state index is 0.259. The van der Waals surface area contributed by atoms with E-state index in [1.165, 1.54) is 16.2 Å². The number of furan rings is 1. The van der Waals surface area contributed by atoms with Crippen molar-refractivity contribution in [2.75, 3.05) is 0 Å². The second-order valence-corrected chi connectivity index (χ2v) is 5.03. The third-order valence-electron chi connectivity index (χ3n) is 3.76. The molecule has 0 bridgehead atoms. The van der Waals surface area contributed by atoms with E-state index < -0.39 is 0 Å². The zero-order chi connectivity index (χ0) is 13.4. The molecule has 1 heterocycles. The van der Waals surface area contributed by atoms with Gasteiger partial charge in [-0.15, -0.1) is 0 Å². The van der Waals surface area contributed by atoms with Gasteiger partial charge in [-0.3, -0.25) is 0 Å². The van der Waals surface area contributed by atoms with E-state index in [9.17, 15) is 0 Å². The minimum atomic E-state index is 0.259. The molecule has 1 atom stereocenters. The summed E-state index contributed by atoms with van der Waals surface area (Å²) < 4.78 is 6.00. The molecular weight excluding hydrogens is 244 g/mol. The fraction of sp³-hybridized carbons (Fsp3) is 0.0526. The number of rotatable bonds is 1. The maximum absolute atomic E-state index is 6.00. The predicted molar refractivity (Wildman–Crippen MR) is 82.7 cm³/mol. The van der Waals surface area contributed by atoms with Crippen LogP contribution in [0.2, 0.25) is 0 Å². The second kappa shape index (κ2) is 4.53. The minimum Gasteiger partial charge on any atom is -0.456 e. The molecule has 1 unspecified atom stereocenters. The smallest absolute Gasteiger partial charge is 0.135 e. The Balaban J connectivity index is 1.97. The van der Waals surface area contributed by atoms with Gasteiger partial charge in [-0.25, -0.2) is 0 Å². The molecule has 0 N–H and O–H groups in total. The van der Waals surface area contributed by atoms with Gasteiger partial charge < -0.3 is 4.42 Å². The van der Waals surface area contributed by atoms with Crippen LogP contribution in [0.25, 0.3) is 23.1 Å². The Hall–Kier alpha value is -2.54. The summed E-state index contributed by atoms with van der Waals surface area (Å²) >= 11 is 0. The van der Waals surface area contributed by atoms with Crippen molar-refractivity contribution in [3.05, 3.63) is 82.9 Å². The Bertz CT molecular complexity index is 898. The van der Waals surface area contributed by atoms with E-state index in [-0.39, 0.29) is 5.92 Å². The van der Waals surface area contributed by atoms with Crippen molar-refractivity contribution in [3.8, 4) is 0 Å². The Morgan fingerprint density at radius 1 is 0.850 bits per heavy atom. The number of allylic oxidation sites excluding steroid dienone is 2. The lowest BCUT2D eigenvalue weighted by molar-refractivity contribution is 0.573. The molecule has 3 aromatic rings. The van der Waals surface area contributed by atoms with Crippen LogP contribution in [0.3, 0.4) is 0 Å². The maximum atomic E-state index is 6.00. The van der Waals surface area contributed by atoms with E-state index in [4.69, 9.17) is 4.42 Å². The normalized spacial score (nSPS) is 17.1. The zero-order valence-electron chi connectivity index (χ0n) is 11.0. The summed E-state index contributed by atoms with van der Waals surface area (Å²) in [6.45, 7) is 0. The van der Waals surface area contributed by atoms with Crippen molar-refractivity contribution in [3.63, 3.8) is 0 Å². The average Bonchev–Trinajstić information content (AvgIpc) is 2.71. The number of hydrogen-bond acceptors (Lipinski definition) is 1. The Labute approximate surface area is 117 Å². The van der Waals surface area contributed by atoms with Gasteiger partial charge in [0.25, 0.3) is 0 Å². The fourth-order valence-corrected chi connectivity index (χ4v) is 2.75. The van der Waals surface area contributed by atoms with Gasteiger partial charge in [0.1, 0.15) is 11.0 Å². The van der Waals surface area contributed by atoms with Gasteiger partial charge in [-0.05, 0) is 17.7 Å². The van der Waals surface area contributed by atoms with Crippen LogP contribution in [0.4, 0.5) is 0 Å². The van der Waals surface area contributed by atoms with Gasteiger partial charge in [-0.1, -0.05) is 66.8 Å². The Morgan fingerprint density at radius 3 is 2.55 bits per heavy atom. The predicted octanol–water partition coefficient (Wildman–Crippen LogP) is 3.35. The van der Waals surface area contributed by atoms with E-state index >= 15 is 0 Å². The fourth-order valence-electron chi connectivity index (χ4n) is 2.75. The molecule has 2 aromatic carbocycles. The van der Waals surface area contributed by atoms with Crippen LogP contribution in [-0.2, 0) is 0 Å². The van der Waals surface area contributed by atoms with Gasteiger partial charge in [-0.2, -0.15) is 0 Å². The first-order valence-electron chi connectivity index (χ1n) is 6.85. The molecule has 1 aliphatic carbocycles. The monoisotopic (exact) mass is 258 g/mol. The molecule has 1 nitrogen and oxygen atoms in total. The molecule has 0 saturated carbocycles. The maximum Gasteiger partial charge on any atom is 0.135 e. The molecule has 0 aliphatic heterocycles. The van der Waals surface area contributed by atoms with Crippen molar-refractivity contribution in [2.24, 2.45) is 0 Å². The van der Waals surface area contributed by atoms with Crippen molar-refractivity contribution >= 4 is 23.1 Å². The summed E-state index contributed by atoms with van der Waals surface area (Å²) in [4.78, 5) is 0. The van der Waals surface area contributed by atoms with E-state index in [0.717, 1.165) is 11.0 Å². The molecule has 1 aliphatic rings. The highest BCUT2D eigenvalue weighted by molar-refractivity contribution is 5.80. The van der Waals surface area contributed by atoms with Crippen molar-refractivity contribution < 1.29 is 4.42 Å². The lowest BCUT2D eigenvalue weighted by Crippen LogP contribution is -2.19. The molecule has 20 heavy (non-hydrogen) atoms. The summed E-state index contributed by atoms with van der Waals surface area (Å²) in [7, 11) is 0. The highest BCUT2D eigenvalue weighted by Crippen LogP contribution is 2.20. The molecule has 0 spiro atoms. The molecule has 0 saturated heterocycles. The lowest BCUT2D eigenvalue weighted by atomic mass is 9.99. The van der Waals surface area contributed by atoms with E-state index in [0.29, 0.717) is 0 Å². The third kappa shape index (κ3) is 1.79. The molecule has 0 fully saturated rings. The van der Waals surface area contributed by atoms with Gasteiger partial charge in [0.05, 0.1) is 0 Å². The van der Waals surface area contributed by atoms with Gasteiger partial charge in [0.15, 0.2) is 0 Å². The van der Waals surface area contributed by atoms with Gasteiger partial charge in [0.2, 0.25) is 0 Å². The van der Waals surface area contributed by atoms with Crippen molar-refractivity contribution in [1.82, 2.24) is 0 Å². The van der Waals surface area contributed by atoms with Crippen LogP contribution in [-0.4, -0.2) is 0 Å². The van der Waals surface area contributed by atoms with Crippen LogP contribution < -0.4 is 10.6 Å². The summed E-state index contributed by atoms with van der Waals surface area (Å²) in [5, 5.41) is 2.35. The quantitative estimate of drug-likeness (QED) is 0.652. The second-order valence-electron chi connectivity index (χ2n) is 5.03. The molecule has 0 radical (unpaired) electrons. The molecule has 4 rings (SSSR count). The molecule has 1 heteroatoms. The topological polar surface area (TPSA) is 13.1 Å². The number of benzene rings is 2. The van der Waals surface area contributed by atoms with Crippen LogP contribution >= 0.6 is 0 Å². The Kier molecular flexibility index (Phi) is 2.56. The first kappa shape index (κ1) is 11.3. The van der Waals surface area contributed by atoms with E-state index in [1.807, 2.05) is 18.2 Å². The first-order chi connectivity index (χ1) is 9.92. The lowest BCUT2D eigenvalue weighted by Gasteiger charge is -2.06. The van der Waals surface area contributed by atoms with Crippen LogP contribution in [0.15, 0.2) is 71.2 Å². The van der Waals surface area contributed by atoms with Gasteiger partial charge >= 0.3 is 0 Å². The van der Waals surface area contributed by atoms with Crippen LogP contribution in [0.1, 0.15) is 11.5 Å². The molecule has 0 amide bonds. The van der Waals surface area contributed by atoms with E-state index in [1.54, 1.807) is 0 Å². The number of hydrogen-bond donors (Lipinski definition) is 0.